The molecule has 1 aromatic rings. The summed E-state index contributed by atoms with van der Waals surface area (Å²) in [6, 6.07) is 2.93. The fraction of sp³-hybridized carbons (Fsp3) is 0.533. The number of halogens is 3. The lowest BCUT2D eigenvalue weighted by Crippen LogP contribution is -2.17. The van der Waals surface area contributed by atoms with Crippen LogP contribution in [0.5, 0.6) is 11.5 Å². The lowest BCUT2D eigenvalue weighted by atomic mass is 10.1. The van der Waals surface area contributed by atoms with Gasteiger partial charge in [-0.3, -0.25) is 0 Å². The van der Waals surface area contributed by atoms with E-state index in [-0.39, 0.29) is 17.9 Å². The SMILES string of the molecule is CCCCCCCOc1cc(OC(F)(F)F)ccc1C(=O)O. The van der Waals surface area contributed by atoms with E-state index < -0.39 is 18.1 Å². The van der Waals surface area contributed by atoms with Crippen LogP contribution < -0.4 is 9.47 Å². The van der Waals surface area contributed by atoms with Gasteiger partial charge in [0.25, 0.3) is 0 Å². The van der Waals surface area contributed by atoms with Crippen molar-refractivity contribution in [3.63, 3.8) is 0 Å². The number of alkyl halides is 3. The zero-order chi connectivity index (χ0) is 16.6. The van der Waals surface area contributed by atoms with E-state index in [1.54, 1.807) is 0 Å². The summed E-state index contributed by atoms with van der Waals surface area (Å²) >= 11 is 0. The maximum absolute atomic E-state index is 12.2. The standard InChI is InChI=1S/C15H19F3O4/c1-2-3-4-5-6-9-21-13-10-11(22-15(16,17)18)7-8-12(13)14(19)20/h7-8,10H,2-6,9H2,1H3,(H,19,20). The van der Waals surface area contributed by atoms with E-state index in [1.165, 1.54) is 0 Å². The van der Waals surface area contributed by atoms with Crippen molar-refractivity contribution in [2.75, 3.05) is 6.61 Å². The minimum Gasteiger partial charge on any atom is -0.493 e. The highest BCUT2D eigenvalue weighted by Crippen LogP contribution is 2.29. The minimum atomic E-state index is -4.83. The van der Waals surface area contributed by atoms with E-state index in [2.05, 4.69) is 11.7 Å². The van der Waals surface area contributed by atoms with Crippen LogP contribution in [0.4, 0.5) is 13.2 Å². The second kappa shape index (κ2) is 8.51. The first-order valence-electron chi connectivity index (χ1n) is 7.09. The van der Waals surface area contributed by atoms with Gasteiger partial charge < -0.3 is 14.6 Å². The summed E-state index contributed by atoms with van der Waals surface area (Å²) in [5, 5.41) is 9.02. The van der Waals surface area contributed by atoms with E-state index in [0.717, 1.165) is 43.9 Å². The van der Waals surface area contributed by atoms with E-state index >= 15 is 0 Å². The zero-order valence-electron chi connectivity index (χ0n) is 12.3. The summed E-state index contributed by atoms with van der Waals surface area (Å²) in [6.07, 6.45) is 0.0551. The Kier molecular flexibility index (Phi) is 7.01. The fourth-order valence-corrected chi connectivity index (χ4v) is 1.88. The van der Waals surface area contributed by atoms with Gasteiger partial charge in [-0.15, -0.1) is 13.2 Å². The maximum Gasteiger partial charge on any atom is 0.573 e. The molecule has 22 heavy (non-hydrogen) atoms. The Labute approximate surface area is 126 Å². The Hall–Kier alpha value is -1.92. The maximum atomic E-state index is 12.2. The third-order valence-corrected chi connectivity index (χ3v) is 2.92. The van der Waals surface area contributed by atoms with E-state index in [4.69, 9.17) is 9.84 Å². The summed E-state index contributed by atoms with van der Waals surface area (Å²) in [4.78, 5) is 11.0. The molecule has 0 spiro atoms. The second-order valence-electron chi connectivity index (χ2n) is 4.77. The van der Waals surface area contributed by atoms with Crippen molar-refractivity contribution < 1.29 is 32.5 Å². The van der Waals surface area contributed by atoms with Crippen LogP contribution in [0.25, 0.3) is 0 Å². The molecule has 0 aliphatic heterocycles. The molecule has 1 rings (SSSR count). The summed E-state index contributed by atoms with van der Waals surface area (Å²) in [5.74, 6) is -1.89. The molecular formula is C15H19F3O4. The highest BCUT2D eigenvalue weighted by molar-refractivity contribution is 5.91. The molecule has 0 unspecified atom stereocenters. The lowest BCUT2D eigenvalue weighted by Gasteiger charge is -2.13. The van der Waals surface area contributed by atoms with Gasteiger partial charge in [-0.25, -0.2) is 4.79 Å². The number of hydrogen-bond acceptors (Lipinski definition) is 3. The topological polar surface area (TPSA) is 55.8 Å². The molecule has 4 nitrogen and oxygen atoms in total. The van der Waals surface area contributed by atoms with Crippen molar-refractivity contribution in [1.82, 2.24) is 0 Å². The fourth-order valence-electron chi connectivity index (χ4n) is 1.88. The molecule has 7 heteroatoms. The Morgan fingerprint density at radius 1 is 1.18 bits per heavy atom. The normalized spacial score (nSPS) is 11.3. The van der Waals surface area contributed by atoms with Crippen molar-refractivity contribution in [3.05, 3.63) is 23.8 Å². The van der Waals surface area contributed by atoms with E-state index in [9.17, 15) is 18.0 Å². The number of hydrogen-bond donors (Lipinski definition) is 1. The molecule has 0 heterocycles. The number of rotatable bonds is 9. The van der Waals surface area contributed by atoms with Crippen molar-refractivity contribution in [2.24, 2.45) is 0 Å². The van der Waals surface area contributed by atoms with Crippen LogP contribution in [-0.2, 0) is 0 Å². The van der Waals surface area contributed by atoms with Gasteiger partial charge in [0.1, 0.15) is 17.1 Å². The predicted molar refractivity (Wildman–Crippen MR) is 74.3 cm³/mol. The molecular weight excluding hydrogens is 301 g/mol. The number of carboxylic acids is 1. The van der Waals surface area contributed by atoms with Gasteiger partial charge in [0, 0.05) is 6.07 Å². The minimum absolute atomic E-state index is 0.121. The number of unbranched alkanes of at least 4 members (excludes halogenated alkanes) is 4. The molecule has 1 N–H and O–H groups in total. The van der Waals surface area contributed by atoms with Gasteiger partial charge in [-0.1, -0.05) is 32.6 Å². The number of carbonyl (C=O) groups is 1. The first kappa shape index (κ1) is 18.1. The number of ether oxygens (including phenoxy) is 2. The van der Waals surface area contributed by atoms with Gasteiger partial charge in [0.2, 0.25) is 0 Å². The van der Waals surface area contributed by atoms with Crippen LogP contribution in [0.2, 0.25) is 0 Å². The average Bonchev–Trinajstić information content (AvgIpc) is 2.40. The first-order valence-corrected chi connectivity index (χ1v) is 7.09. The van der Waals surface area contributed by atoms with Crippen LogP contribution in [-0.4, -0.2) is 24.0 Å². The van der Waals surface area contributed by atoms with E-state index in [1.807, 2.05) is 0 Å². The summed E-state index contributed by atoms with van der Waals surface area (Å²) < 4.78 is 45.6. The van der Waals surface area contributed by atoms with Gasteiger partial charge in [-0.05, 0) is 18.6 Å². The van der Waals surface area contributed by atoms with Crippen molar-refractivity contribution >= 4 is 5.97 Å². The van der Waals surface area contributed by atoms with Crippen LogP contribution in [0.3, 0.4) is 0 Å². The van der Waals surface area contributed by atoms with Crippen LogP contribution in [0.1, 0.15) is 49.4 Å². The summed E-state index contributed by atoms with van der Waals surface area (Å²) in [5.41, 5.74) is -0.192. The molecule has 0 aliphatic carbocycles. The second-order valence-corrected chi connectivity index (χ2v) is 4.77. The first-order chi connectivity index (χ1) is 10.3. The molecule has 0 bridgehead atoms. The molecule has 0 fully saturated rings. The van der Waals surface area contributed by atoms with Crippen molar-refractivity contribution in [3.8, 4) is 11.5 Å². The van der Waals surface area contributed by atoms with Gasteiger partial charge >= 0.3 is 12.3 Å². The molecule has 0 aliphatic rings. The summed E-state index contributed by atoms with van der Waals surface area (Å²) in [6.45, 7) is 2.33. The van der Waals surface area contributed by atoms with Gasteiger partial charge in [-0.2, -0.15) is 0 Å². The van der Waals surface area contributed by atoms with Crippen molar-refractivity contribution in [2.45, 2.75) is 45.4 Å². The summed E-state index contributed by atoms with van der Waals surface area (Å²) in [7, 11) is 0. The average molecular weight is 320 g/mol. The number of benzene rings is 1. The Morgan fingerprint density at radius 3 is 2.45 bits per heavy atom. The Bertz CT molecular complexity index is 486. The highest BCUT2D eigenvalue weighted by atomic mass is 19.4. The molecule has 1 aromatic carbocycles. The largest absolute Gasteiger partial charge is 0.573 e. The third-order valence-electron chi connectivity index (χ3n) is 2.92. The highest BCUT2D eigenvalue weighted by Gasteiger charge is 2.31. The Morgan fingerprint density at radius 2 is 1.86 bits per heavy atom. The monoisotopic (exact) mass is 320 g/mol. The number of carboxylic acid groups (broad SMARTS) is 1. The molecule has 0 saturated heterocycles. The number of aromatic carboxylic acids is 1. The molecule has 0 saturated carbocycles. The molecule has 0 atom stereocenters. The van der Waals surface area contributed by atoms with Gasteiger partial charge in [0.15, 0.2) is 0 Å². The van der Waals surface area contributed by atoms with Gasteiger partial charge in [0.05, 0.1) is 6.61 Å². The predicted octanol–water partition coefficient (Wildman–Crippen LogP) is 4.63. The van der Waals surface area contributed by atoms with Crippen LogP contribution in [0, 0.1) is 0 Å². The zero-order valence-corrected chi connectivity index (χ0v) is 12.3. The molecule has 0 aromatic heterocycles. The lowest BCUT2D eigenvalue weighted by molar-refractivity contribution is -0.274. The van der Waals surface area contributed by atoms with Crippen molar-refractivity contribution in [1.29, 1.82) is 0 Å². The Balaban J connectivity index is 2.68. The van der Waals surface area contributed by atoms with Crippen LogP contribution >= 0.6 is 0 Å². The molecule has 0 amide bonds. The van der Waals surface area contributed by atoms with E-state index in [0.29, 0.717) is 6.42 Å². The molecule has 0 radical (unpaired) electrons. The quantitative estimate of drug-likeness (QED) is 0.674. The smallest absolute Gasteiger partial charge is 0.493 e. The molecule has 124 valence electrons. The van der Waals surface area contributed by atoms with Crippen LogP contribution in [0.15, 0.2) is 18.2 Å². The third kappa shape index (κ3) is 6.69.